The minimum atomic E-state index is -0.320. The Labute approximate surface area is 170 Å². The third-order valence-electron chi connectivity index (χ3n) is 4.44. The summed E-state index contributed by atoms with van der Waals surface area (Å²) in [6.45, 7) is 1.57. The molecular formula is C21H17FN4O2S. The van der Waals surface area contributed by atoms with Gasteiger partial charge in [-0.3, -0.25) is 10.2 Å². The summed E-state index contributed by atoms with van der Waals surface area (Å²) in [7, 11) is 0. The molecule has 1 aliphatic heterocycles. The smallest absolute Gasteiger partial charge is 0.221 e. The lowest BCUT2D eigenvalue weighted by atomic mass is 10.2. The summed E-state index contributed by atoms with van der Waals surface area (Å²) in [5.74, 6) is -0.321. The number of aromatic nitrogens is 1. The normalized spacial score (nSPS) is 13.9. The van der Waals surface area contributed by atoms with E-state index in [0.717, 1.165) is 5.56 Å². The predicted molar refractivity (Wildman–Crippen MR) is 113 cm³/mol. The van der Waals surface area contributed by atoms with Gasteiger partial charge in [-0.2, -0.15) is 0 Å². The van der Waals surface area contributed by atoms with E-state index in [4.69, 9.17) is 5.41 Å². The van der Waals surface area contributed by atoms with Gasteiger partial charge in [0.2, 0.25) is 5.91 Å². The number of halogens is 1. The minimum absolute atomic E-state index is 0.0555. The van der Waals surface area contributed by atoms with Gasteiger partial charge < -0.3 is 15.3 Å². The highest BCUT2D eigenvalue weighted by atomic mass is 32.1. The maximum atomic E-state index is 13.1. The molecule has 0 radical (unpaired) electrons. The van der Waals surface area contributed by atoms with E-state index in [1.54, 1.807) is 35.2 Å². The van der Waals surface area contributed by atoms with Crippen molar-refractivity contribution in [1.82, 2.24) is 4.98 Å². The maximum Gasteiger partial charge on any atom is 0.221 e. The summed E-state index contributed by atoms with van der Waals surface area (Å²) in [4.78, 5) is 17.5. The molecule has 1 aliphatic rings. The standard InChI is InChI=1S/C21H17FN4O2S/c1-12(27)24-15-3-2-4-16(9-15)26-10-18(28)19(20(26)23)21-25-17(11-29-21)13-5-7-14(22)8-6-13/h2-9,11,23,28H,10H2,1H3,(H,24,27). The Kier molecular flexibility index (Phi) is 4.85. The molecule has 0 saturated carbocycles. The Morgan fingerprint density at radius 1 is 1.28 bits per heavy atom. The quantitative estimate of drug-likeness (QED) is 0.585. The zero-order valence-corrected chi connectivity index (χ0v) is 16.3. The highest BCUT2D eigenvalue weighted by Crippen LogP contribution is 2.35. The van der Waals surface area contributed by atoms with Gasteiger partial charge in [-0.1, -0.05) is 6.07 Å². The highest BCUT2D eigenvalue weighted by molar-refractivity contribution is 7.11. The van der Waals surface area contributed by atoms with Crippen molar-refractivity contribution in [2.45, 2.75) is 6.92 Å². The number of nitrogens with one attached hydrogen (secondary N) is 2. The lowest BCUT2D eigenvalue weighted by Gasteiger charge is -2.19. The SMILES string of the molecule is CC(=O)Nc1cccc(N2CC(O)=C(c3nc(-c4ccc(F)cc4)cs3)C2=N)c1. The molecule has 3 N–H and O–H groups in total. The molecule has 29 heavy (non-hydrogen) atoms. The number of carbonyl (C=O) groups excluding carboxylic acids is 1. The zero-order chi connectivity index (χ0) is 20.5. The number of carbonyl (C=O) groups is 1. The number of amidine groups is 1. The van der Waals surface area contributed by atoms with Crippen molar-refractivity contribution in [3.05, 3.63) is 70.5 Å². The molecule has 0 unspecified atom stereocenters. The van der Waals surface area contributed by atoms with Crippen LogP contribution in [0.2, 0.25) is 0 Å². The Bertz CT molecular complexity index is 1140. The Morgan fingerprint density at radius 3 is 2.76 bits per heavy atom. The number of hydrogen-bond donors (Lipinski definition) is 3. The third-order valence-corrected chi connectivity index (χ3v) is 5.30. The number of aliphatic hydroxyl groups excluding tert-OH is 1. The van der Waals surface area contributed by atoms with Crippen molar-refractivity contribution >= 4 is 40.0 Å². The molecule has 8 heteroatoms. The fourth-order valence-electron chi connectivity index (χ4n) is 3.12. The van der Waals surface area contributed by atoms with Crippen LogP contribution in [0.4, 0.5) is 15.8 Å². The summed E-state index contributed by atoms with van der Waals surface area (Å²) in [5.41, 5.74) is 3.08. The summed E-state index contributed by atoms with van der Waals surface area (Å²) in [6.07, 6.45) is 0. The molecule has 1 aromatic heterocycles. The number of benzene rings is 2. The van der Waals surface area contributed by atoms with Crippen LogP contribution < -0.4 is 10.2 Å². The van der Waals surface area contributed by atoms with Crippen molar-refractivity contribution in [2.75, 3.05) is 16.8 Å². The number of aliphatic hydroxyl groups is 1. The highest BCUT2D eigenvalue weighted by Gasteiger charge is 2.31. The fraction of sp³-hybridized carbons (Fsp3) is 0.0952. The number of rotatable bonds is 4. The second kappa shape index (κ2) is 7.48. The number of hydrogen-bond acceptors (Lipinski definition) is 5. The fourth-order valence-corrected chi connectivity index (χ4v) is 4.02. The number of amides is 1. The third kappa shape index (κ3) is 3.74. The molecule has 2 heterocycles. The first-order chi connectivity index (χ1) is 13.9. The van der Waals surface area contributed by atoms with Gasteiger partial charge in [-0.15, -0.1) is 11.3 Å². The number of anilines is 2. The second-order valence-electron chi connectivity index (χ2n) is 6.53. The van der Waals surface area contributed by atoms with Gasteiger partial charge in [0.25, 0.3) is 0 Å². The van der Waals surface area contributed by atoms with Crippen molar-refractivity contribution < 1.29 is 14.3 Å². The van der Waals surface area contributed by atoms with E-state index < -0.39 is 0 Å². The molecule has 6 nitrogen and oxygen atoms in total. The van der Waals surface area contributed by atoms with Gasteiger partial charge in [0.1, 0.15) is 22.4 Å². The van der Waals surface area contributed by atoms with Gasteiger partial charge in [-0.05, 0) is 42.5 Å². The number of nitrogens with zero attached hydrogens (tertiary/aromatic N) is 2. The topological polar surface area (TPSA) is 89.3 Å². The largest absolute Gasteiger partial charge is 0.510 e. The van der Waals surface area contributed by atoms with Crippen LogP contribution in [-0.2, 0) is 4.79 Å². The van der Waals surface area contributed by atoms with E-state index in [9.17, 15) is 14.3 Å². The lowest BCUT2D eigenvalue weighted by molar-refractivity contribution is -0.114. The van der Waals surface area contributed by atoms with Gasteiger partial charge in [-0.25, -0.2) is 9.37 Å². The van der Waals surface area contributed by atoms with Gasteiger partial charge in [0.15, 0.2) is 0 Å². The van der Waals surface area contributed by atoms with Crippen LogP contribution in [0.25, 0.3) is 16.8 Å². The van der Waals surface area contributed by atoms with E-state index in [0.29, 0.717) is 27.6 Å². The molecule has 3 aromatic rings. The average Bonchev–Trinajstić information content (AvgIpc) is 3.26. The molecule has 0 aliphatic carbocycles. The van der Waals surface area contributed by atoms with E-state index in [1.165, 1.54) is 30.4 Å². The second-order valence-corrected chi connectivity index (χ2v) is 7.39. The van der Waals surface area contributed by atoms with Crippen LogP contribution in [0, 0.1) is 11.2 Å². The van der Waals surface area contributed by atoms with E-state index in [-0.39, 0.29) is 29.9 Å². The zero-order valence-electron chi connectivity index (χ0n) is 15.4. The molecular weight excluding hydrogens is 391 g/mol. The first-order valence-corrected chi connectivity index (χ1v) is 9.68. The van der Waals surface area contributed by atoms with E-state index >= 15 is 0 Å². The molecule has 1 amide bonds. The first kappa shape index (κ1) is 18.8. The number of thiazole rings is 1. The Morgan fingerprint density at radius 2 is 2.03 bits per heavy atom. The van der Waals surface area contributed by atoms with Gasteiger partial charge in [0, 0.05) is 29.2 Å². The van der Waals surface area contributed by atoms with Crippen LogP contribution in [0.15, 0.2) is 59.7 Å². The van der Waals surface area contributed by atoms with Crippen LogP contribution >= 0.6 is 11.3 Å². The molecule has 0 bridgehead atoms. The van der Waals surface area contributed by atoms with Crippen LogP contribution in [0.1, 0.15) is 11.9 Å². The van der Waals surface area contributed by atoms with Crippen LogP contribution in [-0.4, -0.2) is 28.4 Å². The molecule has 0 saturated heterocycles. The van der Waals surface area contributed by atoms with Crippen molar-refractivity contribution in [2.24, 2.45) is 0 Å². The summed E-state index contributed by atoms with van der Waals surface area (Å²) in [6, 6.07) is 13.1. The predicted octanol–water partition coefficient (Wildman–Crippen LogP) is 4.67. The van der Waals surface area contributed by atoms with Crippen LogP contribution in [0.5, 0.6) is 0 Å². The monoisotopic (exact) mass is 408 g/mol. The Balaban J connectivity index is 1.60. The molecule has 4 rings (SSSR count). The first-order valence-electron chi connectivity index (χ1n) is 8.80. The Hall–Kier alpha value is -3.52. The maximum absolute atomic E-state index is 13.1. The summed E-state index contributed by atoms with van der Waals surface area (Å²) < 4.78 is 13.1. The van der Waals surface area contributed by atoms with Crippen LogP contribution in [0.3, 0.4) is 0 Å². The molecule has 0 spiro atoms. The summed E-state index contributed by atoms with van der Waals surface area (Å²) >= 11 is 1.31. The van der Waals surface area contributed by atoms with Crippen molar-refractivity contribution in [1.29, 1.82) is 5.41 Å². The molecule has 0 fully saturated rings. The van der Waals surface area contributed by atoms with Gasteiger partial charge in [0.05, 0.1) is 17.8 Å². The van der Waals surface area contributed by atoms with Crippen molar-refractivity contribution in [3.63, 3.8) is 0 Å². The summed E-state index contributed by atoms with van der Waals surface area (Å²) in [5, 5.41) is 24.1. The molecule has 146 valence electrons. The molecule has 0 atom stereocenters. The average molecular weight is 408 g/mol. The van der Waals surface area contributed by atoms with E-state index in [2.05, 4.69) is 10.3 Å². The lowest BCUT2D eigenvalue weighted by Crippen LogP contribution is -2.26. The van der Waals surface area contributed by atoms with Gasteiger partial charge >= 0.3 is 0 Å². The van der Waals surface area contributed by atoms with E-state index in [1.807, 2.05) is 11.4 Å². The van der Waals surface area contributed by atoms with Crippen molar-refractivity contribution in [3.8, 4) is 11.3 Å². The molecule has 2 aromatic carbocycles. The minimum Gasteiger partial charge on any atom is -0.510 e.